The lowest BCUT2D eigenvalue weighted by atomic mass is 10.0. The van der Waals surface area contributed by atoms with Gasteiger partial charge in [0, 0.05) is 11.7 Å². The van der Waals surface area contributed by atoms with Crippen molar-refractivity contribution >= 4 is 11.8 Å². The number of pyridine rings is 1. The molecule has 106 valence electrons. The minimum atomic E-state index is -0.930. The first-order valence-electron chi connectivity index (χ1n) is 7.06. The van der Waals surface area contributed by atoms with Gasteiger partial charge in [0.1, 0.15) is 11.4 Å². The van der Waals surface area contributed by atoms with Gasteiger partial charge in [-0.3, -0.25) is 0 Å². The number of nitrogens with zero attached hydrogens (tertiary/aromatic N) is 1. The monoisotopic (exact) mass is 264 g/mol. The summed E-state index contributed by atoms with van der Waals surface area (Å²) < 4.78 is 0. The first kappa shape index (κ1) is 15.5. The molecule has 0 amide bonds. The maximum Gasteiger partial charge on any atom is 0.339 e. The lowest BCUT2D eigenvalue weighted by Gasteiger charge is -2.20. The van der Waals surface area contributed by atoms with Crippen molar-refractivity contribution in [3.05, 3.63) is 23.4 Å². The Morgan fingerprint density at radius 3 is 2.63 bits per heavy atom. The quantitative estimate of drug-likeness (QED) is 0.748. The first-order chi connectivity index (χ1) is 9.08. The molecule has 0 aliphatic heterocycles. The van der Waals surface area contributed by atoms with Crippen LogP contribution in [0.2, 0.25) is 0 Å². The molecule has 0 aliphatic rings. The van der Waals surface area contributed by atoms with Crippen molar-refractivity contribution in [1.82, 2.24) is 4.98 Å². The molecule has 1 atom stereocenters. The van der Waals surface area contributed by atoms with E-state index in [0.29, 0.717) is 11.9 Å². The second-order valence-corrected chi connectivity index (χ2v) is 4.93. The summed E-state index contributed by atoms with van der Waals surface area (Å²) in [6, 6.07) is 3.66. The Kier molecular flexibility index (Phi) is 6.33. The van der Waals surface area contributed by atoms with Crippen LogP contribution in [0, 0.1) is 6.92 Å². The fourth-order valence-corrected chi connectivity index (χ4v) is 2.12. The molecule has 1 aromatic heterocycles. The van der Waals surface area contributed by atoms with Crippen molar-refractivity contribution in [2.45, 2.75) is 58.9 Å². The number of carboxylic acids is 1. The van der Waals surface area contributed by atoms with Crippen LogP contribution >= 0.6 is 0 Å². The van der Waals surface area contributed by atoms with Crippen LogP contribution in [-0.4, -0.2) is 22.1 Å². The molecule has 1 heterocycles. The minimum absolute atomic E-state index is 0.253. The summed E-state index contributed by atoms with van der Waals surface area (Å²) in [5, 5.41) is 12.5. The maximum absolute atomic E-state index is 11.2. The molecule has 0 bridgehead atoms. The van der Waals surface area contributed by atoms with E-state index in [9.17, 15) is 9.90 Å². The van der Waals surface area contributed by atoms with E-state index >= 15 is 0 Å². The van der Waals surface area contributed by atoms with Gasteiger partial charge in [0.25, 0.3) is 0 Å². The van der Waals surface area contributed by atoms with Gasteiger partial charge in [0.2, 0.25) is 0 Å². The van der Waals surface area contributed by atoms with Crippen LogP contribution in [0.1, 0.15) is 62.0 Å². The molecular weight excluding hydrogens is 240 g/mol. The third-order valence-electron chi connectivity index (χ3n) is 3.15. The Hall–Kier alpha value is -1.58. The van der Waals surface area contributed by atoms with Crippen LogP contribution in [0.15, 0.2) is 12.1 Å². The van der Waals surface area contributed by atoms with E-state index in [0.717, 1.165) is 37.8 Å². The van der Waals surface area contributed by atoms with Crippen LogP contribution < -0.4 is 5.32 Å². The minimum Gasteiger partial charge on any atom is -0.478 e. The van der Waals surface area contributed by atoms with Gasteiger partial charge in [0.05, 0.1) is 0 Å². The Morgan fingerprint density at radius 2 is 2.05 bits per heavy atom. The number of anilines is 1. The summed E-state index contributed by atoms with van der Waals surface area (Å²) in [6.07, 6.45) is 5.46. The SMILES string of the molecule is CCCCC(CCC)Nc1nc(C)ccc1C(=O)O. The van der Waals surface area contributed by atoms with E-state index in [1.807, 2.05) is 6.92 Å². The van der Waals surface area contributed by atoms with Gasteiger partial charge < -0.3 is 10.4 Å². The van der Waals surface area contributed by atoms with Crippen molar-refractivity contribution in [3.63, 3.8) is 0 Å². The number of aromatic nitrogens is 1. The Balaban J connectivity index is 2.87. The van der Waals surface area contributed by atoms with Crippen molar-refractivity contribution in [3.8, 4) is 0 Å². The number of hydrogen-bond acceptors (Lipinski definition) is 3. The van der Waals surface area contributed by atoms with E-state index in [-0.39, 0.29) is 5.56 Å². The average Bonchev–Trinajstić information content (AvgIpc) is 2.36. The predicted molar refractivity (Wildman–Crippen MR) is 77.8 cm³/mol. The molecular formula is C15H24N2O2. The standard InChI is InChI=1S/C15H24N2O2/c1-4-6-8-12(7-5-2)17-14-13(15(18)19)10-9-11(3)16-14/h9-10,12H,4-8H2,1-3H3,(H,16,17)(H,18,19). The number of carbonyl (C=O) groups is 1. The van der Waals surface area contributed by atoms with Crippen LogP contribution in [0.4, 0.5) is 5.82 Å². The molecule has 1 aromatic rings. The highest BCUT2D eigenvalue weighted by molar-refractivity contribution is 5.93. The van der Waals surface area contributed by atoms with Crippen LogP contribution in [-0.2, 0) is 0 Å². The normalized spacial score (nSPS) is 12.2. The molecule has 0 saturated heterocycles. The summed E-state index contributed by atoms with van der Waals surface area (Å²) in [5.74, 6) is -0.428. The summed E-state index contributed by atoms with van der Waals surface area (Å²) in [6.45, 7) is 6.18. The molecule has 0 spiro atoms. The molecule has 4 heteroatoms. The fraction of sp³-hybridized carbons (Fsp3) is 0.600. The van der Waals surface area contributed by atoms with Gasteiger partial charge in [-0.05, 0) is 31.9 Å². The maximum atomic E-state index is 11.2. The molecule has 0 saturated carbocycles. The molecule has 4 nitrogen and oxygen atoms in total. The summed E-state index contributed by atoms with van der Waals surface area (Å²) in [7, 11) is 0. The summed E-state index contributed by atoms with van der Waals surface area (Å²) >= 11 is 0. The van der Waals surface area contributed by atoms with Gasteiger partial charge in [-0.15, -0.1) is 0 Å². The molecule has 0 aliphatic carbocycles. The molecule has 0 radical (unpaired) electrons. The van der Waals surface area contributed by atoms with Gasteiger partial charge in [-0.1, -0.05) is 33.1 Å². The van der Waals surface area contributed by atoms with E-state index in [4.69, 9.17) is 0 Å². The van der Waals surface area contributed by atoms with Crippen LogP contribution in [0.25, 0.3) is 0 Å². The zero-order valence-electron chi connectivity index (χ0n) is 12.1. The number of carboxylic acid groups (broad SMARTS) is 1. The average molecular weight is 264 g/mol. The largest absolute Gasteiger partial charge is 0.478 e. The second kappa shape index (κ2) is 7.77. The third-order valence-corrected chi connectivity index (χ3v) is 3.15. The lowest BCUT2D eigenvalue weighted by Crippen LogP contribution is -2.22. The number of rotatable bonds is 8. The zero-order valence-corrected chi connectivity index (χ0v) is 12.1. The molecule has 0 fully saturated rings. The van der Waals surface area contributed by atoms with Gasteiger partial charge in [-0.2, -0.15) is 0 Å². The van der Waals surface area contributed by atoms with Gasteiger partial charge in [0.15, 0.2) is 0 Å². The number of aromatic carboxylic acids is 1. The van der Waals surface area contributed by atoms with E-state index in [1.165, 1.54) is 0 Å². The molecule has 1 unspecified atom stereocenters. The molecule has 0 aromatic carbocycles. The van der Waals surface area contributed by atoms with Crippen molar-refractivity contribution in [2.24, 2.45) is 0 Å². The fourth-order valence-electron chi connectivity index (χ4n) is 2.12. The Morgan fingerprint density at radius 1 is 1.32 bits per heavy atom. The van der Waals surface area contributed by atoms with Crippen LogP contribution in [0.3, 0.4) is 0 Å². The summed E-state index contributed by atoms with van der Waals surface area (Å²) in [5.41, 5.74) is 1.08. The second-order valence-electron chi connectivity index (χ2n) is 4.93. The first-order valence-corrected chi connectivity index (χ1v) is 7.06. The molecule has 1 rings (SSSR count). The van der Waals surface area contributed by atoms with E-state index < -0.39 is 5.97 Å². The Labute approximate surface area is 115 Å². The van der Waals surface area contributed by atoms with E-state index in [1.54, 1.807) is 12.1 Å². The van der Waals surface area contributed by atoms with Gasteiger partial charge in [-0.25, -0.2) is 9.78 Å². The number of aryl methyl sites for hydroxylation is 1. The number of unbranched alkanes of at least 4 members (excludes halogenated alkanes) is 1. The van der Waals surface area contributed by atoms with Crippen LogP contribution in [0.5, 0.6) is 0 Å². The smallest absolute Gasteiger partial charge is 0.339 e. The summed E-state index contributed by atoms with van der Waals surface area (Å²) in [4.78, 5) is 15.5. The lowest BCUT2D eigenvalue weighted by molar-refractivity contribution is 0.0697. The highest BCUT2D eigenvalue weighted by Gasteiger charge is 2.15. The number of nitrogens with one attached hydrogen (secondary N) is 1. The van der Waals surface area contributed by atoms with Crippen molar-refractivity contribution in [2.75, 3.05) is 5.32 Å². The topological polar surface area (TPSA) is 62.2 Å². The predicted octanol–water partition coefficient (Wildman–Crippen LogP) is 3.86. The van der Waals surface area contributed by atoms with Crippen molar-refractivity contribution in [1.29, 1.82) is 0 Å². The highest BCUT2D eigenvalue weighted by atomic mass is 16.4. The third kappa shape index (κ3) is 4.89. The number of hydrogen-bond donors (Lipinski definition) is 2. The molecule has 2 N–H and O–H groups in total. The molecule has 19 heavy (non-hydrogen) atoms. The highest BCUT2D eigenvalue weighted by Crippen LogP contribution is 2.18. The van der Waals surface area contributed by atoms with Crippen molar-refractivity contribution < 1.29 is 9.90 Å². The zero-order chi connectivity index (χ0) is 14.3. The van der Waals surface area contributed by atoms with E-state index in [2.05, 4.69) is 24.1 Å². The van der Waals surface area contributed by atoms with Gasteiger partial charge >= 0.3 is 5.97 Å². The Bertz CT molecular complexity index is 419.